The van der Waals surface area contributed by atoms with Crippen LogP contribution in [0.15, 0.2) is 36.4 Å². The highest BCUT2D eigenvalue weighted by Crippen LogP contribution is 2.44. The minimum absolute atomic E-state index is 0.0511. The van der Waals surface area contributed by atoms with Gasteiger partial charge in [-0.3, -0.25) is 0 Å². The van der Waals surface area contributed by atoms with Crippen molar-refractivity contribution in [3.8, 4) is 0 Å². The largest absolute Gasteiger partial charge is 0.462 e. The zero-order chi connectivity index (χ0) is 24.3. The number of carbonyl (C=O) groups is 1. The van der Waals surface area contributed by atoms with Crippen LogP contribution in [0.3, 0.4) is 0 Å². The minimum Gasteiger partial charge on any atom is -0.462 e. The number of hydrogen-bond donors (Lipinski definition) is 0. The van der Waals surface area contributed by atoms with Crippen LogP contribution in [0.2, 0.25) is 0 Å². The van der Waals surface area contributed by atoms with E-state index in [1.807, 2.05) is 0 Å². The van der Waals surface area contributed by atoms with Gasteiger partial charge in [-0.25, -0.2) is 4.79 Å². The monoisotopic (exact) mass is 468 g/mol. The summed E-state index contributed by atoms with van der Waals surface area (Å²) in [6.07, 6.45) is 17.1. The summed E-state index contributed by atoms with van der Waals surface area (Å²) in [4.78, 5) is 11.8. The highest BCUT2D eigenvalue weighted by atomic mass is 16.5. The predicted octanol–water partition coefficient (Wildman–Crippen LogP) is 8.20. The molecule has 2 saturated carbocycles. The van der Waals surface area contributed by atoms with Crippen molar-refractivity contribution >= 4 is 5.97 Å². The molecule has 2 fully saturated rings. The number of ether oxygens (including phenoxy) is 2. The second kappa shape index (κ2) is 14.1. The van der Waals surface area contributed by atoms with Crippen molar-refractivity contribution in [3.63, 3.8) is 0 Å². The second-order valence-corrected chi connectivity index (χ2v) is 11.1. The smallest absolute Gasteiger partial charge is 0.333 e. The molecule has 190 valence electrons. The van der Waals surface area contributed by atoms with Crippen LogP contribution in [-0.2, 0) is 14.3 Å². The van der Waals surface area contributed by atoms with Gasteiger partial charge in [-0.2, -0.15) is 0 Å². The number of unbranched alkanes of at least 4 members (excludes halogenated alkanes) is 2. The van der Waals surface area contributed by atoms with Crippen LogP contribution in [0.4, 0.5) is 0 Å². The molecular formula is C31H48O3. The van der Waals surface area contributed by atoms with Crippen molar-refractivity contribution in [2.75, 3.05) is 20.3 Å². The lowest BCUT2D eigenvalue weighted by atomic mass is 9.68. The molecule has 0 spiro atoms. The first-order chi connectivity index (χ1) is 16.5. The first-order valence-corrected chi connectivity index (χ1v) is 13.9. The molecule has 1 aromatic carbocycles. The van der Waals surface area contributed by atoms with Crippen molar-refractivity contribution in [1.82, 2.24) is 0 Å². The molecule has 0 N–H and O–H groups in total. The second-order valence-electron chi connectivity index (χ2n) is 11.1. The summed E-state index contributed by atoms with van der Waals surface area (Å²) in [6.45, 7) is 8.51. The van der Waals surface area contributed by atoms with E-state index in [2.05, 4.69) is 37.8 Å². The summed E-state index contributed by atoms with van der Waals surface area (Å²) in [5, 5.41) is 0. The maximum atomic E-state index is 11.8. The molecule has 0 heterocycles. The zero-order valence-corrected chi connectivity index (χ0v) is 22.0. The zero-order valence-electron chi connectivity index (χ0n) is 22.0. The molecule has 3 nitrogen and oxygen atoms in total. The molecule has 1 unspecified atom stereocenters. The quantitative estimate of drug-likeness (QED) is 0.176. The van der Waals surface area contributed by atoms with Gasteiger partial charge in [0.25, 0.3) is 0 Å². The highest BCUT2D eigenvalue weighted by molar-refractivity contribution is 5.86. The molecular weight excluding hydrogens is 420 g/mol. The molecule has 0 saturated heterocycles. The molecule has 3 rings (SSSR count). The third-order valence-electron chi connectivity index (χ3n) is 8.56. The van der Waals surface area contributed by atoms with Crippen molar-refractivity contribution in [1.29, 1.82) is 0 Å². The van der Waals surface area contributed by atoms with Crippen molar-refractivity contribution in [2.24, 2.45) is 17.8 Å². The minimum atomic E-state index is -0.334. The summed E-state index contributed by atoms with van der Waals surface area (Å²) in [7, 11) is 1.69. The number of carbonyl (C=O) groups excluding carboxylic acids is 1. The molecule has 1 atom stereocenters. The number of hydrogen-bond acceptors (Lipinski definition) is 3. The van der Waals surface area contributed by atoms with Crippen LogP contribution in [-0.4, -0.2) is 26.3 Å². The van der Waals surface area contributed by atoms with Crippen LogP contribution in [0, 0.1) is 17.8 Å². The molecule has 0 bridgehead atoms. The third-order valence-corrected chi connectivity index (χ3v) is 8.56. The van der Waals surface area contributed by atoms with E-state index in [0.717, 1.165) is 17.8 Å². The summed E-state index contributed by atoms with van der Waals surface area (Å²) in [5.41, 5.74) is 3.07. The Morgan fingerprint density at radius 2 is 1.56 bits per heavy atom. The molecule has 1 aromatic rings. The van der Waals surface area contributed by atoms with Gasteiger partial charge in [0, 0.05) is 18.6 Å². The molecule has 34 heavy (non-hydrogen) atoms. The van der Waals surface area contributed by atoms with E-state index in [4.69, 9.17) is 9.47 Å². The Morgan fingerprint density at radius 1 is 0.941 bits per heavy atom. The normalized spacial score (nSPS) is 26.1. The van der Waals surface area contributed by atoms with Crippen molar-refractivity contribution < 1.29 is 14.3 Å². The van der Waals surface area contributed by atoms with Gasteiger partial charge in [0.15, 0.2) is 0 Å². The fourth-order valence-electron chi connectivity index (χ4n) is 6.34. The fraction of sp³-hybridized carbons (Fsp3) is 0.710. The Labute approximate surface area is 208 Å². The molecule has 2 aliphatic rings. The molecule has 0 radical (unpaired) electrons. The maximum Gasteiger partial charge on any atom is 0.333 e. The first-order valence-electron chi connectivity index (χ1n) is 13.9. The van der Waals surface area contributed by atoms with Crippen LogP contribution >= 0.6 is 0 Å². The van der Waals surface area contributed by atoms with E-state index in [1.165, 1.54) is 88.2 Å². The molecule has 0 aromatic heterocycles. The van der Waals surface area contributed by atoms with E-state index in [9.17, 15) is 4.79 Å². The van der Waals surface area contributed by atoms with Gasteiger partial charge in [-0.1, -0.05) is 76.3 Å². The molecule has 0 aliphatic heterocycles. The Morgan fingerprint density at radius 3 is 2.12 bits per heavy atom. The average Bonchev–Trinajstić information content (AvgIpc) is 2.87. The van der Waals surface area contributed by atoms with E-state index in [0.29, 0.717) is 24.7 Å². The Balaban J connectivity index is 1.45. The van der Waals surface area contributed by atoms with Gasteiger partial charge < -0.3 is 9.47 Å². The highest BCUT2D eigenvalue weighted by Gasteiger charge is 2.31. The Bertz CT molecular complexity index is 736. The lowest BCUT2D eigenvalue weighted by Gasteiger charge is -2.38. The topological polar surface area (TPSA) is 35.5 Å². The standard InChI is InChI=1S/C31H48O3/c1-5-6-7-8-24-9-11-25(12-10-24)26-13-15-27(16-14-26)28-17-19-29(20-18-28)30(21-33-4)22-34-31(32)23(2)3/h17-20,24-27,30H,2,5-16,21-22H2,1,3-4H3. The van der Waals surface area contributed by atoms with Gasteiger partial charge in [0.1, 0.15) is 6.61 Å². The van der Waals surface area contributed by atoms with E-state index in [-0.39, 0.29) is 11.9 Å². The Hall–Kier alpha value is -1.61. The average molecular weight is 469 g/mol. The summed E-state index contributed by atoms with van der Waals surface area (Å²) in [5.74, 6) is 3.38. The van der Waals surface area contributed by atoms with Gasteiger partial charge in [-0.05, 0) is 80.2 Å². The third kappa shape index (κ3) is 7.97. The van der Waals surface area contributed by atoms with Gasteiger partial charge >= 0.3 is 5.97 Å². The maximum absolute atomic E-state index is 11.8. The van der Waals surface area contributed by atoms with Crippen LogP contribution in [0.1, 0.15) is 114 Å². The number of esters is 1. The lowest BCUT2D eigenvalue weighted by molar-refractivity contribution is -0.139. The number of rotatable bonds is 12. The summed E-state index contributed by atoms with van der Waals surface area (Å²) in [6, 6.07) is 9.01. The van der Waals surface area contributed by atoms with Crippen LogP contribution in [0.25, 0.3) is 0 Å². The van der Waals surface area contributed by atoms with E-state index < -0.39 is 0 Å². The molecule has 2 aliphatic carbocycles. The van der Waals surface area contributed by atoms with Gasteiger partial charge in [0.2, 0.25) is 0 Å². The predicted molar refractivity (Wildman–Crippen MR) is 141 cm³/mol. The van der Waals surface area contributed by atoms with Crippen molar-refractivity contribution in [3.05, 3.63) is 47.5 Å². The van der Waals surface area contributed by atoms with Gasteiger partial charge in [0.05, 0.1) is 6.61 Å². The van der Waals surface area contributed by atoms with E-state index in [1.54, 1.807) is 14.0 Å². The molecule has 3 heteroatoms. The summed E-state index contributed by atoms with van der Waals surface area (Å²) >= 11 is 0. The van der Waals surface area contributed by atoms with Crippen molar-refractivity contribution in [2.45, 2.75) is 103 Å². The number of methoxy groups -OCH3 is 1. The molecule has 0 amide bonds. The van der Waals surface area contributed by atoms with Crippen LogP contribution < -0.4 is 0 Å². The SMILES string of the molecule is C=C(C)C(=O)OCC(COC)c1ccc(C2CCC(C3CCC(CCCCC)CC3)CC2)cc1. The fourth-order valence-corrected chi connectivity index (χ4v) is 6.34. The number of benzene rings is 1. The van der Waals surface area contributed by atoms with Gasteiger partial charge in [-0.15, -0.1) is 0 Å². The Kier molecular flexibility index (Phi) is 11.2. The first kappa shape index (κ1) is 27.0. The lowest BCUT2D eigenvalue weighted by Crippen LogP contribution is -2.25. The summed E-state index contributed by atoms with van der Waals surface area (Å²) < 4.78 is 10.8. The van der Waals surface area contributed by atoms with E-state index >= 15 is 0 Å². The van der Waals surface area contributed by atoms with Crippen LogP contribution in [0.5, 0.6) is 0 Å².